The zero-order valence-corrected chi connectivity index (χ0v) is 19.9. The summed E-state index contributed by atoms with van der Waals surface area (Å²) in [5.74, 6) is 1.48. The van der Waals surface area contributed by atoms with Crippen LogP contribution in [0.1, 0.15) is 37.7 Å². The minimum atomic E-state index is -4.35. The average Bonchev–Trinajstić information content (AvgIpc) is 3.41. The largest absolute Gasteiger partial charge is 0.492 e. The quantitative estimate of drug-likeness (QED) is 0.244. The van der Waals surface area contributed by atoms with E-state index in [4.69, 9.17) is 4.74 Å². The van der Waals surface area contributed by atoms with E-state index >= 15 is 0 Å². The number of aliphatic imine (C=N–C) groups is 1. The zero-order chi connectivity index (χ0) is 21.6. The first kappa shape index (κ1) is 25.5. The summed E-state index contributed by atoms with van der Waals surface area (Å²) >= 11 is 0. The third-order valence-electron chi connectivity index (χ3n) is 5.61. The molecule has 1 saturated carbocycles. The van der Waals surface area contributed by atoms with E-state index in [-0.39, 0.29) is 48.5 Å². The van der Waals surface area contributed by atoms with Crippen molar-refractivity contribution in [1.82, 2.24) is 15.5 Å². The standard InChI is InChI=1S/C21H29F3N4O2.HI/c1-25-20(26-11-13-30-18-8-6-16(7-9-18)21(22,23)24)27-17-10-12-28(14-17)19(29)15-4-2-3-5-15;/h6-9,15,17H,2-5,10-14H2,1H3,(H2,25,26,27);1H. The van der Waals surface area contributed by atoms with Crippen molar-refractivity contribution in [2.24, 2.45) is 10.9 Å². The number of alkyl halides is 3. The van der Waals surface area contributed by atoms with E-state index < -0.39 is 11.7 Å². The number of hydrogen-bond donors (Lipinski definition) is 2. The van der Waals surface area contributed by atoms with Gasteiger partial charge in [0.2, 0.25) is 5.91 Å². The second-order valence-electron chi connectivity index (χ2n) is 7.77. The Labute approximate surface area is 198 Å². The zero-order valence-electron chi connectivity index (χ0n) is 17.6. The normalized spacial score (nSPS) is 19.8. The lowest BCUT2D eigenvalue weighted by Gasteiger charge is -2.21. The number of rotatable bonds is 6. The molecule has 6 nitrogen and oxygen atoms in total. The molecule has 1 aromatic carbocycles. The first-order chi connectivity index (χ1) is 14.4. The van der Waals surface area contributed by atoms with Gasteiger partial charge >= 0.3 is 6.18 Å². The van der Waals surface area contributed by atoms with Gasteiger partial charge in [-0.25, -0.2) is 0 Å². The maximum absolute atomic E-state index is 12.6. The number of nitrogens with one attached hydrogen (secondary N) is 2. The minimum Gasteiger partial charge on any atom is -0.492 e. The van der Waals surface area contributed by atoms with Gasteiger partial charge in [0.25, 0.3) is 0 Å². The van der Waals surface area contributed by atoms with Crippen LogP contribution in [0.2, 0.25) is 0 Å². The SMILES string of the molecule is CN=C(NCCOc1ccc(C(F)(F)F)cc1)NC1CCN(C(=O)C2CCCC2)C1.I. The number of carbonyl (C=O) groups excluding carboxylic acids is 1. The van der Waals surface area contributed by atoms with Crippen molar-refractivity contribution in [1.29, 1.82) is 0 Å². The van der Waals surface area contributed by atoms with Crippen molar-refractivity contribution in [3.05, 3.63) is 29.8 Å². The van der Waals surface area contributed by atoms with Gasteiger partial charge in [-0.15, -0.1) is 24.0 Å². The molecule has 0 radical (unpaired) electrons. The Morgan fingerprint density at radius 1 is 1.19 bits per heavy atom. The second kappa shape index (κ2) is 11.8. The number of likely N-dealkylation sites (tertiary alicyclic amines) is 1. The van der Waals surface area contributed by atoms with Gasteiger partial charge in [-0.2, -0.15) is 13.2 Å². The number of hydrogen-bond acceptors (Lipinski definition) is 3. The maximum Gasteiger partial charge on any atom is 0.416 e. The van der Waals surface area contributed by atoms with E-state index in [9.17, 15) is 18.0 Å². The molecule has 0 aromatic heterocycles. The van der Waals surface area contributed by atoms with Crippen molar-refractivity contribution in [3.8, 4) is 5.75 Å². The average molecular weight is 554 g/mol. The molecule has 174 valence electrons. The highest BCUT2D eigenvalue weighted by atomic mass is 127. The second-order valence-corrected chi connectivity index (χ2v) is 7.77. The van der Waals surface area contributed by atoms with Crippen LogP contribution in [-0.2, 0) is 11.0 Å². The maximum atomic E-state index is 12.6. The topological polar surface area (TPSA) is 66.0 Å². The molecule has 1 amide bonds. The molecule has 1 heterocycles. The molecule has 1 aromatic rings. The van der Waals surface area contributed by atoms with Crippen molar-refractivity contribution in [3.63, 3.8) is 0 Å². The van der Waals surface area contributed by atoms with Crippen LogP contribution in [0, 0.1) is 5.92 Å². The molecule has 2 N–H and O–H groups in total. The summed E-state index contributed by atoms with van der Waals surface area (Å²) in [6.45, 7) is 2.17. The van der Waals surface area contributed by atoms with Gasteiger partial charge in [0.05, 0.1) is 12.1 Å². The predicted octanol–water partition coefficient (Wildman–Crippen LogP) is 3.66. The van der Waals surface area contributed by atoms with Gasteiger partial charge in [0.15, 0.2) is 5.96 Å². The molecule has 0 bridgehead atoms. The Hall–Kier alpha value is -1.72. The lowest BCUT2D eigenvalue weighted by molar-refractivity contribution is -0.137. The van der Waals surface area contributed by atoms with Gasteiger partial charge in [-0.05, 0) is 43.5 Å². The highest BCUT2D eigenvalue weighted by Crippen LogP contribution is 2.30. The molecule has 10 heteroatoms. The Morgan fingerprint density at radius 2 is 1.87 bits per heavy atom. The number of guanidine groups is 1. The van der Waals surface area contributed by atoms with Crippen LogP contribution in [0.3, 0.4) is 0 Å². The Balaban J connectivity index is 0.00000341. The minimum absolute atomic E-state index is 0. The number of halogens is 4. The molecule has 1 aliphatic carbocycles. The van der Waals surface area contributed by atoms with Gasteiger partial charge in [0.1, 0.15) is 12.4 Å². The Kier molecular flexibility index (Phi) is 9.70. The number of amides is 1. The van der Waals surface area contributed by atoms with Gasteiger partial charge in [0, 0.05) is 32.1 Å². The van der Waals surface area contributed by atoms with Crippen molar-refractivity contribution in [2.45, 2.75) is 44.3 Å². The number of benzene rings is 1. The number of ether oxygens (including phenoxy) is 1. The Morgan fingerprint density at radius 3 is 2.48 bits per heavy atom. The van der Waals surface area contributed by atoms with Crippen LogP contribution in [0.25, 0.3) is 0 Å². The third-order valence-corrected chi connectivity index (χ3v) is 5.61. The highest BCUT2D eigenvalue weighted by molar-refractivity contribution is 14.0. The van der Waals surface area contributed by atoms with Gasteiger partial charge in [-0.1, -0.05) is 12.8 Å². The number of carbonyl (C=O) groups is 1. The van der Waals surface area contributed by atoms with E-state index in [1.807, 2.05) is 4.90 Å². The number of nitrogens with zero attached hydrogens (tertiary/aromatic N) is 2. The lowest BCUT2D eigenvalue weighted by atomic mass is 10.1. The summed E-state index contributed by atoms with van der Waals surface area (Å²) < 4.78 is 43.2. The van der Waals surface area contributed by atoms with E-state index in [0.717, 1.165) is 50.8 Å². The summed E-state index contributed by atoms with van der Waals surface area (Å²) in [5, 5.41) is 6.46. The fraction of sp³-hybridized carbons (Fsp3) is 0.619. The molecule has 1 saturated heterocycles. The third kappa shape index (κ3) is 7.43. The first-order valence-electron chi connectivity index (χ1n) is 10.4. The van der Waals surface area contributed by atoms with E-state index in [1.54, 1.807) is 7.05 Å². The lowest BCUT2D eigenvalue weighted by Crippen LogP contribution is -2.46. The van der Waals surface area contributed by atoms with Crippen LogP contribution in [-0.4, -0.2) is 56.1 Å². The molecule has 31 heavy (non-hydrogen) atoms. The summed E-state index contributed by atoms with van der Waals surface area (Å²) in [6.07, 6.45) is 0.843. The van der Waals surface area contributed by atoms with Crippen molar-refractivity contribution < 1.29 is 22.7 Å². The summed E-state index contributed by atoms with van der Waals surface area (Å²) in [4.78, 5) is 18.7. The molecule has 3 rings (SSSR count). The van der Waals surface area contributed by atoms with Crippen LogP contribution in [0.15, 0.2) is 29.3 Å². The molecule has 2 aliphatic rings. The van der Waals surface area contributed by atoms with Gasteiger partial charge in [-0.3, -0.25) is 9.79 Å². The highest BCUT2D eigenvalue weighted by Gasteiger charge is 2.32. The summed E-state index contributed by atoms with van der Waals surface area (Å²) in [5.41, 5.74) is -0.699. The summed E-state index contributed by atoms with van der Waals surface area (Å²) in [7, 11) is 1.67. The predicted molar refractivity (Wildman–Crippen MR) is 124 cm³/mol. The van der Waals surface area contributed by atoms with E-state index in [2.05, 4.69) is 15.6 Å². The Bertz CT molecular complexity index is 737. The molecule has 2 fully saturated rings. The smallest absolute Gasteiger partial charge is 0.416 e. The molecule has 1 aliphatic heterocycles. The molecular formula is C21H30F3IN4O2. The monoisotopic (exact) mass is 554 g/mol. The van der Waals surface area contributed by atoms with Crippen LogP contribution >= 0.6 is 24.0 Å². The van der Waals surface area contributed by atoms with Crippen LogP contribution < -0.4 is 15.4 Å². The van der Waals surface area contributed by atoms with E-state index in [1.165, 1.54) is 12.1 Å². The van der Waals surface area contributed by atoms with E-state index in [0.29, 0.717) is 24.8 Å². The molecule has 1 unspecified atom stereocenters. The molecular weight excluding hydrogens is 524 g/mol. The van der Waals surface area contributed by atoms with Crippen LogP contribution in [0.4, 0.5) is 13.2 Å². The summed E-state index contributed by atoms with van der Waals surface area (Å²) in [6, 6.07) is 4.77. The van der Waals surface area contributed by atoms with Crippen molar-refractivity contribution in [2.75, 3.05) is 33.3 Å². The van der Waals surface area contributed by atoms with Gasteiger partial charge < -0.3 is 20.3 Å². The van der Waals surface area contributed by atoms with Crippen LogP contribution in [0.5, 0.6) is 5.75 Å². The molecule has 0 spiro atoms. The molecule has 1 atom stereocenters. The first-order valence-corrected chi connectivity index (χ1v) is 10.4. The fourth-order valence-corrected chi connectivity index (χ4v) is 3.98. The van der Waals surface area contributed by atoms with Crippen molar-refractivity contribution >= 4 is 35.8 Å². The fourth-order valence-electron chi connectivity index (χ4n) is 3.98.